The minimum absolute atomic E-state index is 0.464. The maximum absolute atomic E-state index is 10.4. The number of aliphatic carboxylic acids is 1. The van der Waals surface area contributed by atoms with Crippen LogP contribution in [-0.4, -0.2) is 23.7 Å². The summed E-state index contributed by atoms with van der Waals surface area (Å²) in [7, 11) is 5.35. The first kappa shape index (κ1) is 11.7. The zero-order chi connectivity index (χ0) is 8.69. The van der Waals surface area contributed by atoms with Crippen LogP contribution in [-0.2, 0) is 4.79 Å². The molecular formula is C4H13N2O2P3. The van der Waals surface area contributed by atoms with Crippen molar-refractivity contribution in [3.63, 3.8) is 0 Å². The molecule has 3 N–H and O–H groups in total. The molecule has 0 amide bonds. The monoisotopic (exact) mass is 214 g/mol. The lowest BCUT2D eigenvalue weighted by molar-refractivity contribution is -0.139. The second kappa shape index (κ2) is 7.34. The van der Waals surface area contributed by atoms with E-state index in [1.165, 1.54) is 0 Å². The van der Waals surface area contributed by atoms with Crippen molar-refractivity contribution in [1.82, 2.24) is 10.2 Å². The van der Waals surface area contributed by atoms with E-state index in [9.17, 15) is 4.79 Å². The molecule has 0 fully saturated rings. The summed E-state index contributed by atoms with van der Waals surface area (Å²) in [4.78, 5) is 10.4. The molecule has 0 radical (unpaired) electrons. The molecule has 0 saturated carbocycles. The lowest BCUT2D eigenvalue weighted by atomic mass is 10.2. The van der Waals surface area contributed by atoms with Gasteiger partial charge in [-0.2, -0.15) is 0 Å². The van der Waals surface area contributed by atoms with Gasteiger partial charge in [0.1, 0.15) is 6.04 Å². The predicted molar refractivity (Wildman–Crippen MR) is 54.9 cm³/mol. The lowest BCUT2D eigenvalue weighted by Gasteiger charge is -2.09. The van der Waals surface area contributed by atoms with Gasteiger partial charge in [0.15, 0.2) is 0 Å². The molecule has 0 spiro atoms. The van der Waals surface area contributed by atoms with Gasteiger partial charge in [-0.25, -0.2) is 0 Å². The Balaban J connectivity index is 3.44. The van der Waals surface area contributed by atoms with Crippen molar-refractivity contribution in [2.45, 2.75) is 12.5 Å². The largest absolute Gasteiger partial charge is 0.480 e. The Morgan fingerprint density at radius 3 is 2.73 bits per heavy atom. The SMILES string of the molecule is O=C(O)C(CCNPP)NP. The summed E-state index contributed by atoms with van der Waals surface area (Å²) in [5, 5.41) is 14.2. The lowest BCUT2D eigenvalue weighted by Crippen LogP contribution is -2.32. The highest BCUT2D eigenvalue weighted by Gasteiger charge is 2.12. The number of carboxylic acid groups (broad SMARTS) is 1. The highest BCUT2D eigenvalue weighted by Crippen LogP contribution is 2.12. The average molecular weight is 214 g/mol. The van der Waals surface area contributed by atoms with Gasteiger partial charge < -0.3 is 5.11 Å². The molecule has 4 atom stereocenters. The Kier molecular flexibility index (Phi) is 7.79. The molecule has 4 nitrogen and oxygen atoms in total. The second-order valence-corrected chi connectivity index (χ2v) is 3.76. The number of rotatable bonds is 6. The highest BCUT2D eigenvalue weighted by atomic mass is 32.0. The zero-order valence-electron chi connectivity index (χ0n) is 6.00. The van der Waals surface area contributed by atoms with E-state index in [-0.39, 0.29) is 0 Å². The van der Waals surface area contributed by atoms with E-state index in [1.54, 1.807) is 0 Å². The average Bonchev–Trinajstić information content (AvgIpc) is 1.97. The predicted octanol–water partition coefficient (Wildman–Crippen LogP) is 0.183. The summed E-state index contributed by atoms with van der Waals surface area (Å²) in [5.41, 5.74) is 0. The van der Waals surface area contributed by atoms with Crippen LogP contribution in [0.1, 0.15) is 6.42 Å². The zero-order valence-corrected chi connectivity index (χ0v) is 9.31. The van der Waals surface area contributed by atoms with Crippen molar-refractivity contribution in [3.05, 3.63) is 0 Å². The number of hydrogen-bond acceptors (Lipinski definition) is 3. The van der Waals surface area contributed by atoms with E-state index in [0.717, 1.165) is 6.54 Å². The van der Waals surface area contributed by atoms with Gasteiger partial charge in [0.25, 0.3) is 0 Å². The molecule has 0 heterocycles. The number of hydrogen-bond donors (Lipinski definition) is 3. The third kappa shape index (κ3) is 5.90. The van der Waals surface area contributed by atoms with Crippen molar-refractivity contribution in [2.75, 3.05) is 6.54 Å². The van der Waals surface area contributed by atoms with E-state index >= 15 is 0 Å². The fourth-order valence-corrected chi connectivity index (χ4v) is 1.60. The first-order valence-electron chi connectivity index (χ1n) is 3.09. The minimum atomic E-state index is -0.811. The van der Waals surface area contributed by atoms with Crippen LogP contribution in [0.5, 0.6) is 0 Å². The van der Waals surface area contributed by atoms with Gasteiger partial charge in [0.2, 0.25) is 0 Å². The van der Waals surface area contributed by atoms with Gasteiger partial charge in [-0.3, -0.25) is 15.0 Å². The molecule has 0 aliphatic heterocycles. The quantitative estimate of drug-likeness (QED) is 0.436. The Morgan fingerprint density at radius 2 is 2.36 bits per heavy atom. The standard InChI is InChI=1S/C4H13N2O2P3/c7-4(8)3(6-9)1-2-5-11-10/h3,5-6,11H,1-2,9-10H2,(H,7,8). The summed E-state index contributed by atoms with van der Waals surface area (Å²) < 4.78 is 0. The fraction of sp³-hybridized carbons (Fsp3) is 0.750. The van der Waals surface area contributed by atoms with Crippen LogP contribution < -0.4 is 10.2 Å². The molecule has 0 aromatic rings. The van der Waals surface area contributed by atoms with Crippen molar-refractivity contribution in [3.8, 4) is 0 Å². The molecule has 66 valence electrons. The molecule has 0 aliphatic rings. The van der Waals surface area contributed by atoms with Crippen LogP contribution in [0.25, 0.3) is 0 Å². The molecule has 0 rings (SSSR count). The molecule has 0 saturated heterocycles. The first-order valence-corrected chi connectivity index (χ1v) is 6.48. The van der Waals surface area contributed by atoms with Gasteiger partial charge in [0.05, 0.1) is 0 Å². The maximum Gasteiger partial charge on any atom is 0.321 e. The van der Waals surface area contributed by atoms with Gasteiger partial charge in [-0.1, -0.05) is 18.3 Å². The van der Waals surface area contributed by atoms with Crippen LogP contribution in [0.4, 0.5) is 0 Å². The van der Waals surface area contributed by atoms with Crippen LogP contribution in [0.3, 0.4) is 0 Å². The molecule has 0 aromatic carbocycles. The Bertz CT molecular complexity index is 124. The molecule has 4 unspecified atom stereocenters. The van der Waals surface area contributed by atoms with Gasteiger partial charge in [-0.15, -0.1) is 0 Å². The summed E-state index contributed by atoms with van der Waals surface area (Å²) in [6.45, 7) is 0.723. The maximum atomic E-state index is 10.4. The van der Waals surface area contributed by atoms with Crippen LogP contribution in [0.15, 0.2) is 0 Å². The summed E-state index contributed by atoms with van der Waals surface area (Å²) in [6.07, 6.45) is 0.597. The van der Waals surface area contributed by atoms with Crippen LogP contribution in [0.2, 0.25) is 0 Å². The van der Waals surface area contributed by atoms with Crippen LogP contribution in [0, 0.1) is 0 Å². The molecule has 0 aliphatic carbocycles. The molecule has 7 heteroatoms. The third-order valence-corrected chi connectivity index (χ3v) is 2.63. The second-order valence-electron chi connectivity index (χ2n) is 1.92. The summed E-state index contributed by atoms with van der Waals surface area (Å²) in [6, 6.07) is -0.464. The van der Waals surface area contributed by atoms with Gasteiger partial charge in [0, 0.05) is 6.54 Å². The van der Waals surface area contributed by atoms with E-state index in [1.807, 2.05) is 0 Å². The Hall–Kier alpha value is 0.680. The summed E-state index contributed by atoms with van der Waals surface area (Å²) >= 11 is 0. The van der Waals surface area contributed by atoms with Crippen molar-refractivity contribution in [1.29, 1.82) is 0 Å². The van der Waals surface area contributed by atoms with E-state index in [2.05, 4.69) is 28.5 Å². The normalized spacial score (nSPS) is 14.0. The van der Waals surface area contributed by atoms with Gasteiger partial charge in [-0.05, 0) is 14.8 Å². The molecule has 11 heavy (non-hydrogen) atoms. The summed E-state index contributed by atoms with van der Waals surface area (Å²) in [5.74, 6) is -0.811. The highest BCUT2D eigenvalue weighted by molar-refractivity contribution is 8.01. The van der Waals surface area contributed by atoms with E-state index in [4.69, 9.17) is 5.11 Å². The van der Waals surface area contributed by atoms with Crippen molar-refractivity contribution >= 4 is 32.7 Å². The number of carboxylic acids is 1. The Morgan fingerprint density at radius 1 is 1.73 bits per heavy atom. The third-order valence-electron chi connectivity index (χ3n) is 1.16. The molecular weight excluding hydrogens is 201 g/mol. The molecule has 0 bridgehead atoms. The van der Waals surface area contributed by atoms with E-state index in [0.29, 0.717) is 14.8 Å². The topological polar surface area (TPSA) is 61.4 Å². The van der Waals surface area contributed by atoms with E-state index < -0.39 is 12.0 Å². The van der Waals surface area contributed by atoms with Gasteiger partial charge >= 0.3 is 5.97 Å². The number of carbonyl (C=O) groups is 1. The fourth-order valence-electron chi connectivity index (χ4n) is 0.567. The number of nitrogens with one attached hydrogen (secondary N) is 2. The minimum Gasteiger partial charge on any atom is -0.480 e. The first-order chi connectivity index (χ1) is 5.22. The smallest absolute Gasteiger partial charge is 0.321 e. The van der Waals surface area contributed by atoms with Crippen LogP contribution >= 0.6 is 26.7 Å². The molecule has 0 aromatic heterocycles. The van der Waals surface area contributed by atoms with Crippen molar-refractivity contribution < 1.29 is 9.90 Å². The van der Waals surface area contributed by atoms with Crippen molar-refractivity contribution in [2.24, 2.45) is 0 Å². The Labute approximate surface area is 72.5 Å².